The van der Waals surface area contributed by atoms with E-state index < -0.39 is 0 Å². The van der Waals surface area contributed by atoms with Crippen molar-refractivity contribution in [2.45, 2.75) is 26.0 Å². The molecule has 6 heteroatoms. The predicted molar refractivity (Wildman–Crippen MR) is 98.7 cm³/mol. The van der Waals surface area contributed by atoms with Gasteiger partial charge in [-0.15, -0.1) is 0 Å². The Labute approximate surface area is 152 Å². The normalized spacial score (nSPS) is 11.8. The average molecular weight is 350 g/mol. The van der Waals surface area contributed by atoms with Gasteiger partial charge in [0.2, 0.25) is 0 Å². The minimum absolute atomic E-state index is 0.0931. The van der Waals surface area contributed by atoms with Gasteiger partial charge in [0.1, 0.15) is 12.4 Å². The Balaban J connectivity index is 1.67. The van der Waals surface area contributed by atoms with E-state index in [0.29, 0.717) is 12.3 Å². The van der Waals surface area contributed by atoms with Crippen molar-refractivity contribution in [3.8, 4) is 5.75 Å². The van der Waals surface area contributed by atoms with E-state index in [9.17, 15) is 4.79 Å². The number of aromatic nitrogens is 3. The molecule has 0 aliphatic heterocycles. The summed E-state index contributed by atoms with van der Waals surface area (Å²) >= 11 is 0. The highest BCUT2D eigenvalue weighted by Crippen LogP contribution is 2.22. The summed E-state index contributed by atoms with van der Waals surface area (Å²) in [4.78, 5) is 18.8. The Morgan fingerprint density at radius 2 is 1.96 bits per heavy atom. The molecule has 0 spiro atoms. The number of aromatic amines is 1. The van der Waals surface area contributed by atoms with Crippen LogP contribution in [-0.2, 0) is 6.61 Å². The van der Waals surface area contributed by atoms with Gasteiger partial charge in [-0.1, -0.05) is 31.2 Å². The van der Waals surface area contributed by atoms with E-state index in [2.05, 4.69) is 15.2 Å². The molecular weight excluding hydrogens is 328 g/mol. The molecule has 26 heavy (non-hydrogen) atoms. The Bertz CT molecular complexity index is 833. The first-order valence-electron chi connectivity index (χ1n) is 8.59. The average Bonchev–Trinajstić information content (AvgIpc) is 3.17. The third-order valence-electron chi connectivity index (χ3n) is 4.19. The predicted octanol–water partition coefficient (Wildman–Crippen LogP) is 3.61. The number of ether oxygens (including phenoxy) is 1. The van der Waals surface area contributed by atoms with Gasteiger partial charge in [0.05, 0.1) is 17.4 Å². The highest BCUT2D eigenvalue weighted by molar-refractivity contribution is 5.92. The van der Waals surface area contributed by atoms with Crippen LogP contribution in [-0.4, -0.2) is 33.0 Å². The van der Waals surface area contributed by atoms with Crippen LogP contribution in [0.15, 0.2) is 60.8 Å². The van der Waals surface area contributed by atoms with Crippen LogP contribution in [0, 0.1) is 0 Å². The Morgan fingerprint density at radius 3 is 2.65 bits per heavy atom. The fourth-order valence-electron chi connectivity index (χ4n) is 2.80. The van der Waals surface area contributed by atoms with E-state index in [0.717, 1.165) is 23.6 Å². The van der Waals surface area contributed by atoms with Crippen LogP contribution in [0.25, 0.3) is 0 Å². The summed E-state index contributed by atoms with van der Waals surface area (Å²) in [7, 11) is 1.78. The molecule has 1 amide bonds. The standard InChI is InChI=1S/C20H22N4O2/c1-3-19(17-11-7-8-12-21-17)24(2)20(25)18-13-15(22-23-18)14-26-16-9-5-4-6-10-16/h4-13,19H,3,14H2,1-2H3,(H,22,23)/t19-/m0/s1. The number of H-pyrrole nitrogens is 1. The van der Waals surface area contributed by atoms with Crippen molar-refractivity contribution < 1.29 is 9.53 Å². The van der Waals surface area contributed by atoms with E-state index in [1.54, 1.807) is 24.2 Å². The number of nitrogens with one attached hydrogen (secondary N) is 1. The fraction of sp³-hybridized carbons (Fsp3) is 0.250. The van der Waals surface area contributed by atoms with Crippen molar-refractivity contribution >= 4 is 5.91 Å². The summed E-state index contributed by atoms with van der Waals surface area (Å²) in [5.74, 6) is 0.623. The highest BCUT2D eigenvalue weighted by Gasteiger charge is 2.24. The number of rotatable bonds is 7. The molecule has 3 aromatic rings. The van der Waals surface area contributed by atoms with Gasteiger partial charge in [0.25, 0.3) is 5.91 Å². The summed E-state index contributed by atoms with van der Waals surface area (Å²) in [6.07, 6.45) is 2.51. The lowest BCUT2D eigenvalue weighted by Gasteiger charge is -2.26. The third-order valence-corrected chi connectivity index (χ3v) is 4.19. The van der Waals surface area contributed by atoms with E-state index in [1.165, 1.54) is 0 Å². The second-order valence-electron chi connectivity index (χ2n) is 5.97. The van der Waals surface area contributed by atoms with Crippen LogP contribution >= 0.6 is 0 Å². The molecule has 0 fully saturated rings. The van der Waals surface area contributed by atoms with Gasteiger partial charge in [0.15, 0.2) is 5.69 Å². The molecule has 0 saturated heterocycles. The lowest BCUT2D eigenvalue weighted by Crippen LogP contribution is -2.31. The Morgan fingerprint density at radius 1 is 1.19 bits per heavy atom. The van der Waals surface area contributed by atoms with Crippen LogP contribution < -0.4 is 4.74 Å². The molecule has 2 aromatic heterocycles. The van der Waals surface area contributed by atoms with Crippen molar-refractivity contribution in [3.05, 3.63) is 77.9 Å². The van der Waals surface area contributed by atoms with E-state index >= 15 is 0 Å². The Kier molecular flexibility index (Phi) is 5.63. The van der Waals surface area contributed by atoms with Crippen molar-refractivity contribution in [2.24, 2.45) is 0 Å². The van der Waals surface area contributed by atoms with Gasteiger partial charge in [-0.25, -0.2) is 0 Å². The molecule has 0 aliphatic carbocycles. The van der Waals surface area contributed by atoms with Crippen molar-refractivity contribution in [2.75, 3.05) is 7.05 Å². The van der Waals surface area contributed by atoms with E-state index in [4.69, 9.17) is 4.74 Å². The first-order chi connectivity index (χ1) is 12.7. The largest absolute Gasteiger partial charge is 0.487 e. The number of amides is 1. The van der Waals surface area contributed by atoms with Crippen LogP contribution in [0.5, 0.6) is 5.75 Å². The molecule has 1 aromatic carbocycles. The quantitative estimate of drug-likeness (QED) is 0.707. The maximum atomic E-state index is 12.8. The first-order valence-corrected chi connectivity index (χ1v) is 8.59. The molecule has 1 N–H and O–H groups in total. The number of carbonyl (C=O) groups excluding carboxylic acids is 1. The lowest BCUT2D eigenvalue weighted by atomic mass is 10.1. The SMILES string of the molecule is CC[C@@H](c1ccccn1)N(C)C(=O)c1cc(COc2ccccc2)[nH]n1. The zero-order valence-corrected chi connectivity index (χ0v) is 14.9. The maximum Gasteiger partial charge on any atom is 0.274 e. The molecular formula is C20H22N4O2. The molecule has 0 unspecified atom stereocenters. The summed E-state index contributed by atoms with van der Waals surface area (Å²) < 4.78 is 5.68. The van der Waals surface area contributed by atoms with Gasteiger partial charge in [-0.05, 0) is 36.8 Å². The van der Waals surface area contributed by atoms with E-state index in [1.807, 2.05) is 55.5 Å². The van der Waals surface area contributed by atoms with E-state index in [-0.39, 0.29) is 11.9 Å². The molecule has 2 heterocycles. The molecule has 134 valence electrons. The summed E-state index contributed by atoms with van der Waals surface area (Å²) in [5.41, 5.74) is 1.99. The van der Waals surface area contributed by atoms with Crippen molar-refractivity contribution in [1.82, 2.24) is 20.1 Å². The summed E-state index contributed by atoms with van der Waals surface area (Å²) in [5, 5.41) is 7.01. The van der Waals surface area contributed by atoms with Crippen molar-refractivity contribution in [1.29, 1.82) is 0 Å². The number of hydrogen-bond acceptors (Lipinski definition) is 4. The zero-order valence-electron chi connectivity index (χ0n) is 14.9. The maximum absolute atomic E-state index is 12.8. The lowest BCUT2D eigenvalue weighted by molar-refractivity contribution is 0.0716. The molecule has 6 nitrogen and oxygen atoms in total. The van der Waals surface area contributed by atoms with Gasteiger partial charge in [-0.2, -0.15) is 5.10 Å². The minimum Gasteiger partial charge on any atom is -0.487 e. The monoisotopic (exact) mass is 350 g/mol. The van der Waals surface area contributed by atoms with Crippen molar-refractivity contribution in [3.63, 3.8) is 0 Å². The Hall–Kier alpha value is -3.15. The van der Waals surface area contributed by atoms with Crippen LogP contribution in [0.4, 0.5) is 0 Å². The summed E-state index contributed by atoms with van der Waals surface area (Å²) in [6, 6.07) is 16.9. The topological polar surface area (TPSA) is 71.1 Å². The zero-order chi connectivity index (χ0) is 18.4. The number of pyridine rings is 1. The molecule has 0 radical (unpaired) electrons. The molecule has 1 atom stereocenters. The first kappa shape index (κ1) is 17.7. The third kappa shape index (κ3) is 4.08. The van der Waals surface area contributed by atoms with Crippen LogP contribution in [0.3, 0.4) is 0 Å². The minimum atomic E-state index is -0.148. The molecule has 0 aliphatic rings. The number of benzene rings is 1. The molecule has 0 bridgehead atoms. The molecule has 3 rings (SSSR count). The van der Waals surface area contributed by atoms with Gasteiger partial charge in [0, 0.05) is 13.2 Å². The molecule has 0 saturated carbocycles. The fourth-order valence-corrected chi connectivity index (χ4v) is 2.80. The highest BCUT2D eigenvalue weighted by atomic mass is 16.5. The van der Waals surface area contributed by atoms with Gasteiger partial charge in [-0.3, -0.25) is 14.9 Å². The van der Waals surface area contributed by atoms with Gasteiger partial charge >= 0.3 is 0 Å². The smallest absolute Gasteiger partial charge is 0.274 e. The van der Waals surface area contributed by atoms with Gasteiger partial charge < -0.3 is 9.64 Å². The number of carbonyl (C=O) groups is 1. The number of para-hydroxylation sites is 1. The number of nitrogens with zero attached hydrogens (tertiary/aromatic N) is 3. The van der Waals surface area contributed by atoms with Crippen LogP contribution in [0.2, 0.25) is 0 Å². The second kappa shape index (κ2) is 8.29. The number of hydrogen-bond donors (Lipinski definition) is 1. The second-order valence-corrected chi connectivity index (χ2v) is 5.97. The van der Waals surface area contributed by atoms with Crippen LogP contribution in [0.1, 0.15) is 41.3 Å². The summed E-state index contributed by atoms with van der Waals surface area (Å²) in [6.45, 7) is 2.36.